The summed E-state index contributed by atoms with van der Waals surface area (Å²) in [6.45, 7) is 2.59. The molecule has 0 spiro atoms. The minimum absolute atomic E-state index is 0.00484. The first kappa shape index (κ1) is 53.1. The van der Waals surface area contributed by atoms with Crippen LogP contribution in [0.2, 0.25) is 0 Å². The van der Waals surface area contributed by atoms with Gasteiger partial charge in [-0.1, -0.05) is 32.4 Å². The maximum Gasteiger partial charge on any atom is 0.247 e. The summed E-state index contributed by atoms with van der Waals surface area (Å²) < 4.78 is 0. The molecule has 25 heteroatoms. The standard InChI is InChI=1S/C37H58N12O13/c1-5-18(2)30(48-32(57)22(38)12-20-6-8-21(52)9-7-20)36(61)44-23(10-11-26(39)53)33(58)45-24(13-27(40)54)34(59)46-25(14-42-17-50)37(62)49(4)16-29(56)47-31(19(3)51)35(60)43-15-28(41)55/h6-9,17-19,22-25,30-31,51-52H,5,10-16,38H2,1-4H3,(H2,39,53)(H2,40,54)(H2,41,55)(H,42,50)(H,43,60)(H,44,61)(H,45,58)(H,46,59)(H,47,56)(H,48,57)/t18-,19-,22-,23-,24-,25-,30-,31-/m0/s1. The van der Waals surface area contributed by atoms with Crippen LogP contribution in [-0.4, -0.2) is 150 Å². The number of rotatable bonds is 28. The van der Waals surface area contributed by atoms with Crippen molar-refractivity contribution in [3.63, 3.8) is 0 Å². The lowest BCUT2D eigenvalue weighted by atomic mass is 9.96. The number of hydrogen-bond donors (Lipinski definition) is 13. The Bertz CT molecular complexity index is 1780. The molecule has 0 unspecified atom stereocenters. The van der Waals surface area contributed by atoms with Gasteiger partial charge >= 0.3 is 0 Å². The zero-order chi connectivity index (χ0) is 47.3. The average Bonchev–Trinajstić information content (AvgIpc) is 3.20. The van der Waals surface area contributed by atoms with Gasteiger partial charge in [-0.25, -0.2) is 0 Å². The topological polar surface area (TPSA) is 420 Å². The fraction of sp³-hybridized carbons (Fsp3) is 0.541. The molecule has 1 rings (SSSR count). The molecule has 17 N–H and O–H groups in total. The number of likely N-dealkylation sites (N-methyl/N-ethyl adjacent to an activating group) is 1. The van der Waals surface area contributed by atoms with Crippen molar-refractivity contribution in [1.82, 2.24) is 42.1 Å². The van der Waals surface area contributed by atoms with Gasteiger partial charge in [-0.3, -0.25) is 52.7 Å². The Morgan fingerprint density at radius 3 is 1.85 bits per heavy atom. The van der Waals surface area contributed by atoms with Crippen LogP contribution in [0, 0.1) is 5.92 Å². The van der Waals surface area contributed by atoms with Gasteiger partial charge in [0.1, 0.15) is 36.0 Å². The molecule has 0 aromatic heterocycles. The summed E-state index contributed by atoms with van der Waals surface area (Å²) in [5.41, 5.74) is 22.4. The monoisotopic (exact) mass is 878 g/mol. The number of carbonyl (C=O) groups is 11. The molecule has 8 atom stereocenters. The van der Waals surface area contributed by atoms with Crippen LogP contribution in [0.1, 0.15) is 52.0 Å². The highest BCUT2D eigenvalue weighted by Gasteiger charge is 2.35. The van der Waals surface area contributed by atoms with E-state index in [4.69, 9.17) is 22.9 Å². The molecular formula is C37H58N12O13. The van der Waals surface area contributed by atoms with Gasteiger partial charge in [-0.05, 0) is 43.4 Å². The average molecular weight is 879 g/mol. The maximum absolute atomic E-state index is 13.7. The van der Waals surface area contributed by atoms with Crippen molar-refractivity contribution in [2.24, 2.45) is 28.9 Å². The van der Waals surface area contributed by atoms with E-state index in [0.717, 1.165) is 11.9 Å². The van der Waals surface area contributed by atoms with Crippen molar-refractivity contribution in [2.45, 2.75) is 95.2 Å². The highest BCUT2D eigenvalue weighted by Crippen LogP contribution is 2.13. The lowest BCUT2D eigenvalue weighted by Gasteiger charge is -2.29. The van der Waals surface area contributed by atoms with E-state index in [-0.39, 0.29) is 18.6 Å². The van der Waals surface area contributed by atoms with Crippen LogP contribution >= 0.6 is 0 Å². The summed E-state index contributed by atoms with van der Waals surface area (Å²) >= 11 is 0. The third-order valence-corrected chi connectivity index (χ3v) is 9.17. The van der Waals surface area contributed by atoms with Crippen LogP contribution in [0.3, 0.4) is 0 Å². The first-order chi connectivity index (χ1) is 29.0. The Kier molecular flexibility index (Phi) is 22.6. The van der Waals surface area contributed by atoms with Gasteiger partial charge in [0.25, 0.3) is 0 Å². The molecule has 0 aliphatic heterocycles. The molecule has 25 nitrogen and oxygen atoms in total. The lowest BCUT2D eigenvalue weighted by Crippen LogP contribution is -2.61. The normalized spacial score (nSPS) is 14.6. The molecule has 0 saturated heterocycles. The van der Waals surface area contributed by atoms with Gasteiger partial charge < -0.3 is 75.3 Å². The summed E-state index contributed by atoms with van der Waals surface area (Å²) in [6.07, 6.45) is -2.61. The van der Waals surface area contributed by atoms with E-state index in [2.05, 4.69) is 37.2 Å². The highest BCUT2D eigenvalue weighted by molar-refractivity contribution is 5.98. The molecule has 0 bridgehead atoms. The van der Waals surface area contributed by atoms with Crippen LogP contribution in [0.15, 0.2) is 24.3 Å². The molecular weight excluding hydrogens is 820 g/mol. The molecule has 0 aliphatic rings. The minimum atomic E-state index is -1.83. The van der Waals surface area contributed by atoms with E-state index in [1.807, 2.05) is 0 Å². The van der Waals surface area contributed by atoms with E-state index < -0.39 is 146 Å². The third-order valence-electron chi connectivity index (χ3n) is 9.17. The van der Waals surface area contributed by atoms with Gasteiger partial charge in [0, 0.05) is 20.0 Å². The van der Waals surface area contributed by atoms with E-state index in [1.165, 1.54) is 19.1 Å². The maximum atomic E-state index is 13.7. The summed E-state index contributed by atoms with van der Waals surface area (Å²) in [6, 6.07) is -3.11. The van der Waals surface area contributed by atoms with E-state index in [1.54, 1.807) is 26.0 Å². The van der Waals surface area contributed by atoms with E-state index in [0.29, 0.717) is 12.0 Å². The molecule has 0 radical (unpaired) electrons. The number of phenols is 1. The number of amides is 11. The quantitative estimate of drug-likeness (QED) is 0.0348. The second-order valence-corrected chi connectivity index (χ2v) is 14.4. The molecule has 0 heterocycles. The van der Waals surface area contributed by atoms with Crippen molar-refractivity contribution in [1.29, 1.82) is 0 Å². The first-order valence-electron chi connectivity index (χ1n) is 19.3. The molecule has 1 aromatic carbocycles. The molecule has 0 aliphatic carbocycles. The van der Waals surface area contributed by atoms with Gasteiger partial charge in [-0.2, -0.15) is 0 Å². The number of benzene rings is 1. The Morgan fingerprint density at radius 1 is 0.742 bits per heavy atom. The van der Waals surface area contributed by atoms with Crippen molar-refractivity contribution in [3.8, 4) is 5.75 Å². The number of aromatic hydroxyl groups is 1. The van der Waals surface area contributed by atoms with Crippen molar-refractivity contribution in [3.05, 3.63) is 29.8 Å². The molecule has 1 aromatic rings. The SMILES string of the molecule is CC[C@H](C)[C@H](NC(=O)[C@@H](N)Cc1ccc(O)cc1)C(=O)N[C@@H](CCC(N)=O)C(=O)N[C@@H](CC(N)=O)C(=O)N[C@@H](CNC=O)C(=O)N(C)CC(=O)N[C@H](C(=O)NCC(N)=O)[C@H](C)O. The minimum Gasteiger partial charge on any atom is -0.508 e. The van der Waals surface area contributed by atoms with Crippen LogP contribution in [0.25, 0.3) is 0 Å². The lowest BCUT2D eigenvalue weighted by molar-refractivity contribution is -0.140. The fourth-order valence-corrected chi connectivity index (χ4v) is 5.55. The van der Waals surface area contributed by atoms with E-state index in [9.17, 15) is 63.0 Å². The molecule has 62 heavy (non-hydrogen) atoms. The zero-order valence-electron chi connectivity index (χ0n) is 34.8. The van der Waals surface area contributed by atoms with Gasteiger partial charge in [0.2, 0.25) is 65.5 Å². The van der Waals surface area contributed by atoms with Crippen LogP contribution < -0.4 is 60.2 Å². The number of nitrogens with zero attached hydrogens (tertiary/aromatic N) is 1. The summed E-state index contributed by atoms with van der Waals surface area (Å²) in [7, 11) is 1.11. The number of hydrogen-bond acceptors (Lipinski definition) is 14. The number of aliphatic hydroxyl groups excluding tert-OH is 1. The Hall–Kier alpha value is -6.89. The van der Waals surface area contributed by atoms with Gasteiger partial charge in [0.15, 0.2) is 0 Å². The third kappa shape index (κ3) is 19.0. The summed E-state index contributed by atoms with van der Waals surface area (Å²) in [5, 5.41) is 35.6. The molecule has 0 saturated carbocycles. The first-order valence-corrected chi connectivity index (χ1v) is 19.3. The zero-order valence-corrected chi connectivity index (χ0v) is 34.8. The van der Waals surface area contributed by atoms with Crippen molar-refractivity contribution < 1.29 is 63.0 Å². The van der Waals surface area contributed by atoms with Gasteiger partial charge in [-0.15, -0.1) is 0 Å². The van der Waals surface area contributed by atoms with E-state index >= 15 is 0 Å². The Labute approximate surface area is 356 Å². The predicted octanol–water partition coefficient (Wildman–Crippen LogP) is -6.94. The Balaban J connectivity index is 3.26. The fourth-order valence-electron chi connectivity index (χ4n) is 5.55. The number of aliphatic hydroxyl groups is 1. The second-order valence-electron chi connectivity index (χ2n) is 14.4. The number of primary amides is 3. The molecule has 0 fully saturated rings. The number of nitrogens with two attached hydrogens (primary N) is 4. The van der Waals surface area contributed by atoms with Crippen LogP contribution in [0.4, 0.5) is 0 Å². The molecule has 11 amide bonds. The van der Waals surface area contributed by atoms with Gasteiger partial charge in [0.05, 0.1) is 31.7 Å². The Morgan fingerprint density at radius 2 is 1.32 bits per heavy atom. The second kappa shape index (κ2) is 26.3. The smallest absolute Gasteiger partial charge is 0.247 e. The number of nitrogens with one attached hydrogen (secondary N) is 7. The van der Waals surface area contributed by atoms with Crippen molar-refractivity contribution in [2.75, 3.05) is 26.7 Å². The highest BCUT2D eigenvalue weighted by atomic mass is 16.3. The summed E-state index contributed by atoms with van der Waals surface area (Å²) in [5.74, 6) is -10.3. The van der Waals surface area contributed by atoms with Crippen molar-refractivity contribution >= 4 is 65.5 Å². The summed E-state index contributed by atoms with van der Waals surface area (Å²) in [4.78, 5) is 139. The predicted molar refractivity (Wildman–Crippen MR) is 217 cm³/mol. The van der Waals surface area contributed by atoms with Crippen LogP contribution in [0.5, 0.6) is 5.75 Å². The van der Waals surface area contributed by atoms with Crippen LogP contribution in [-0.2, 0) is 59.2 Å². The molecule has 344 valence electrons. The number of carbonyl (C=O) groups excluding carboxylic acids is 11. The largest absolute Gasteiger partial charge is 0.508 e. The number of phenolic OH excluding ortho intramolecular Hbond substituents is 1.